The van der Waals surface area contributed by atoms with E-state index in [9.17, 15) is 9.59 Å². The minimum Gasteiger partial charge on any atom is -0.385 e. The lowest BCUT2D eigenvalue weighted by molar-refractivity contribution is -0.136. The maximum atomic E-state index is 13.2. The highest BCUT2D eigenvalue weighted by Gasteiger charge is 2.63. The predicted octanol–water partition coefficient (Wildman–Crippen LogP) is 3.20. The molecule has 1 spiro atoms. The zero-order chi connectivity index (χ0) is 19.2. The van der Waals surface area contributed by atoms with E-state index in [1.54, 1.807) is 12.1 Å². The molecular formula is C21H20ClN3O2. The van der Waals surface area contributed by atoms with Gasteiger partial charge in [-0.2, -0.15) is 5.10 Å². The minimum atomic E-state index is -1.11. The normalized spacial score (nSPS) is 30.3. The van der Waals surface area contributed by atoms with E-state index in [1.165, 1.54) is 0 Å². The Morgan fingerprint density at radius 1 is 1.07 bits per heavy atom. The molecule has 0 aromatic heterocycles. The number of Topliss-reactive ketones (excluding diaryl/α,β-unsaturated/α-hetero) is 1. The highest BCUT2D eigenvalue weighted by molar-refractivity contribution is 6.30. The third-order valence-electron chi connectivity index (χ3n) is 5.96. The van der Waals surface area contributed by atoms with Crippen molar-refractivity contribution >= 4 is 29.1 Å². The van der Waals surface area contributed by atoms with Gasteiger partial charge in [0.25, 0.3) is 5.91 Å². The van der Waals surface area contributed by atoms with Crippen LogP contribution < -0.4 is 11.2 Å². The molecule has 6 heteroatoms. The van der Waals surface area contributed by atoms with Gasteiger partial charge in [0.05, 0.1) is 0 Å². The first-order chi connectivity index (χ1) is 13.0. The van der Waals surface area contributed by atoms with Crippen molar-refractivity contribution < 1.29 is 9.59 Å². The molecule has 2 aliphatic rings. The van der Waals surface area contributed by atoms with Gasteiger partial charge in [0.1, 0.15) is 17.0 Å². The predicted molar refractivity (Wildman–Crippen MR) is 104 cm³/mol. The number of hydrogen-bond donors (Lipinski definition) is 2. The number of halogens is 1. The molecule has 1 heterocycles. The summed E-state index contributed by atoms with van der Waals surface area (Å²) >= 11 is 6.04. The zero-order valence-corrected chi connectivity index (χ0v) is 15.6. The summed E-state index contributed by atoms with van der Waals surface area (Å²) in [5.74, 6) is -1.06. The lowest BCUT2D eigenvalue weighted by atomic mass is 9.52. The summed E-state index contributed by atoms with van der Waals surface area (Å²) < 4.78 is 0. The number of amidine groups is 1. The number of carbonyl (C=O) groups excluding carboxylic acids is 2. The molecule has 1 unspecified atom stereocenters. The van der Waals surface area contributed by atoms with Crippen molar-refractivity contribution in [1.82, 2.24) is 5.43 Å². The van der Waals surface area contributed by atoms with Crippen molar-refractivity contribution in [3.05, 3.63) is 70.7 Å². The van der Waals surface area contributed by atoms with Crippen LogP contribution in [-0.4, -0.2) is 17.5 Å². The number of rotatable bonds is 2. The topological polar surface area (TPSA) is 84.5 Å². The number of amides is 1. The summed E-state index contributed by atoms with van der Waals surface area (Å²) in [7, 11) is 0. The fourth-order valence-corrected chi connectivity index (χ4v) is 4.81. The number of nitrogens with zero attached hydrogens (tertiary/aromatic N) is 1. The van der Waals surface area contributed by atoms with E-state index in [4.69, 9.17) is 17.3 Å². The van der Waals surface area contributed by atoms with Crippen molar-refractivity contribution in [3.8, 4) is 0 Å². The molecule has 1 saturated carbocycles. The molecule has 2 aromatic rings. The number of ketones is 1. The van der Waals surface area contributed by atoms with Gasteiger partial charge in [0.2, 0.25) is 0 Å². The fraction of sp³-hybridized carbons (Fsp3) is 0.286. The number of nitrogens with one attached hydrogen (secondary N) is 1. The summed E-state index contributed by atoms with van der Waals surface area (Å²) in [5.41, 5.74) is 9.58. The van der Waals surface area contributed by atoms with Gasteiger partial charge in [-0.15, -0.1) is 0 Å². The Hall–Kier alpha value is -2.66. The zero-order valence-electron chi connectivity index (χ0n) is 14.9. The Morgan fingerprint density at radius 2 is 1.74 bits per heavy atom. The van der Waals surface area contributed by atoms with Crippen LogP contribution in [-0.2, 0) is 9.59 Å². The molecule has 4 rings (SSSR count). The Bertz CT molecular complexity index is 926. The molecule has 2 aromatic carbocycles. The molecule has 0 saturated heterocycles. The SMILES string of the molecule is C[C@H]1C(=O)C[C@H](c2ccc(Cl)cc2)C2(C(=O)NN=C2N)[C@@H]1c1ccccc1. The van der Waals surface area contributed by atoms with E-state index in [2.05, 4.69) is 10.5 Å². The van der Waals surface area contributed by atoms with Crippen LogP contribution in [0.2, 0.25) is 5.02 Å². The first-order valence-corrected chi connectivity index (χ1v) is 9.31. The van der Waals surface area contributed by atoms with Crippen LogP contribution in [0.25, 0.3) is 0 Å². The quantitative estimate of drug-likeness (QED) is 0.837. The van der Waals surface area contributed by atoms with Gasteiger partial charge in [-0.1, -0.05) is 61.0 Å². The van der Waals surface area contributed by atoms with Crippen molar-refractivity contribution in [3.63, 3.8) is 0 Å². The van der Waals surface area contributed by atoms with Crippen molar-refractivity contribution in [2.75, 3.05) is 0 Å². The molecular weight excluding hydrogens is 362 g/mol. The van der Waals surface area contributed by atoms with Gasteiger partial charge in [-0.05, 0) is 23.3 Å². The minimum absolute atomic E-state index is 0.113. The standard InChI is InChI=1S/C21H20ClN3O2/c1-12-17(26)11-16(13-7-9-15(22)10-8-13)21(19(23)24-25-20(21)27)18(12)14-5-3-2-4-6-14/h2-10,12,16,18H,11H2,1H3,(H2,23,24)(H,25,27)/t12-,16+,18-,21?/m0/s1. The van der Waals surface area contributed by atoms with Gasteiger partial charge in [-0.3, -0.25) is 9.59 Å². The summed E-state index contributed by atoms with van der Waals surface area (Å²) in [4.78, 5) is 26.1. The number of nitrogens with two attached hydrogens (primary N) is 1. The molecule has 3 N–H and O–H groups in total. The van der Waals surface area contributed by atoms with Crippen LogP contribution in [0.5, 0.6) is 0 Å². The average Bonchev–Trinajstić information content (AvgIpc) is 2.96. The van der Waals surface area contributed by atoms with Gasteiger partial charge >= 0.3 is 0 Å². The largest absolute Gasteiger partial charge is 0.385 e. The van der Waals surface area contributed by atoms with Crippen LogP contribution in [0.3, 0.4) is 0 Å². The third kappa shape index (κ3) is 2.57. The number of hydrazone groups is 1. The maximum Gasteiger partial charge on any atom is 0.255 e. The molecule has 1 amide bonds. The average molecular weight is 382 g/mol. The van der Waals surface area contributed by atoms with E-state index >= 15 is 0 Å². The van der Waals surface area contributed by atoms with Crippen LogP contribution >= 0.6 is 11.6 Å². The Balaban J connectivity index is 1.96. The third-order valence-corrected chi connectivity index (χ3v) is 6.21. The molecule has 1 fully saturated rings. The van der Waals surface area contributed by atoms with Crippen LogP contribution in [0.4, 0.5) is 0 Å². The Morgan fingerprint density at radius 3 is 2.33 bits per heavy atom. The van der Waals surface area contributed by atoms with Crippen molar-refractivity contribution in [2.45, 2.75) is 25.2 Å². The molecule has 0 bridgehead atoms. The second kappa shape index (κ2) is 6.50. The van der Waals surface area contributed by atoms with Gasteiger partial charge in [0, 0.05) is 29.2 Å². The second-order valence-corrected chi connectivity index (χ2v) is 7.70. The number of hydrogen-bond acceptors (Lipinski definition) is 4. The van der Waals surface area contributed by atoms with Crippen LogP contribution in [0, 0.1) is 11.3 Å². The molecule has 5 nitrogen and oxygen atoms in total. The smallest absolute Gasteiger partial charge is 0.255 e. The van der Waals surface area contributed by atoms with Crippen LogP contribution in [0.15, 0.2) is 59.7 Å². The van der Waals surface area contributed by atoms with E-state index in [0.29, 0.717) is 5.02 Å². The lowest BCUT2D eigenvalue weighted by Gasteiger charge is -2.47. The molecule has 138 valence electrons. The van der Waals surface area contributed by atoms with Gasteiger partial charge in [-0.25, -0.2) is 5.43 Å². The first-order valence-electron chi connectivity index (χ1n) is 8.93. The monoisotopic (exact) mass is 381 g/mol. The molecule has 4 atom stereocenters. The Labute approximate surface area is 162 Å². The van der Waals surface area contributed by atoms with E-state index < -0.39 is 17.3 Å². The van der Waals surface area contributed by atoms with E-state index in [1.807, 2.05) is 49.4 Å². The molecule has 1 aliphatic heterocycles. The first kappa shape index (κ1) is 17.7. The maximum absolute atomic E-state index is 13.2. The van der Waals surface area contributed by atoms with Gasteiger partial charge < -0.3 is 5.73 Å². The second-order valence-electron chi connectivity index (χ2n) is 7.26. The Kier molecular flexibility index (Phi) is 4.27. The highest BCUT2D eigenvalue weighted by Crippen LogP contribution is 2.57. The summed E-state index contributed by atoms with van der Waals surface area (Å²) in [6.07, 6.45) is 0.232. The highest BCUT2D eigenvalue weighted by atomic mass is 35.5. The molecule has 1 aliphatic carbocycles. The van der Waals surface area contributed by atoms with Crippen LogP contribution in [0.1, 0.15) is 36.3 Å². The molecule has 0 radical (unpaired) electrons. The van der Waals surface area contributed by atoms with Gasteiger partial charge in [0.15, 0.2) is 0 Å². The van der Waals surface area contributed by atoms with Crippen molar-refractivity contribution in [1.29, 1.82) is 0 Å². The number of carbonyl (C=O) groups is 2. The van der Waals surface area contributed by atoms with E-state index in [0.717, 1.165) is 11.1 Å². The summed E-state index contributed by atoms with van der Waals surface area (Å²) in [5, 5.41) is 4.68. The summed E-state index contributed by atoms with van der Waals surface area (Å²) in [6.45, 7) is 1.87. The fourth-order valence-electron chi connectivity index (χ4n) is 4.68. The summed E-state index contributed by atoms with van der Waals surface area (Å²) in [6, 6.07) is 16.9. The number of benzene rings is 2. The van der Waals surface area contributed by atoms with Crippen molar-refractivity contribution in [2.24, 2.45) is 22.2 Å². The van der Waals surface area contributed by atoms with E-state index in [-0.39, 0.29) is 29.9 Å². The molecule has 27 heavy (non-hydrogen) atoms. The lowest BCUT2D eigenvalue weighted by Crippen LogP contribution is -2.56.